The Kier molecular flexibility index (Phi) is 4.94. The molecule has 0 aromatic carbocycles. The highest BCUT2D eigenvalue weighted by atomic mass is 15.4. The maximum absolute atomic E-state index is 4.64. The number of hydrogen-bond donors (Lipinski definition) is 1. The van der Waals surface area contributed by atoms with Crippen molar-refractivity contribution in [3.63, 3.8) is 0 Å². The van der Waals surface area contributed by atoms with Gasteiger partial charge in [-0.3, -0.25) is 0 Å². The van der Waals surface area contributed by atoms with E-state index in [0.717, 1.165) is 51.2 Å². The number of likely N-dealkylation sites (N-methyl/N-ethyl adjacent to an activating group) is 1. The van der Waals surface area contributed by atoms with Gasteiger partial charge in [0.25, 0.3) is 0 Å². The maximum Gasteiger partial charge on any atom is 0.232 e. The molecule has 2 heterocycles. The first kappa shape index (κ1) is 14.8. The minimum absolute atomic E-state index is 0.635. The van der Waals surface area contributed by atoms with E-state index in [9.17, 15) is 0 Å². The normalized spacial score (nSPS) is 16.3. The summed E-state index contributed by atoms with van der Waals surface area (Å²) in [5, 5.41) is 3.03. The van der Waals surface area contributed by atoms with Gasteiger partial charge >= 0.3 is 0 Å². The van der Waals surface area contributed by atoms with Gasteiger partial charge in [0.15, 0.2) is 0 Å². The van der Waals surface area contributed by atoms with Crippen LogP contribution in [0.4, 0.5) is 17.8 Å². The van der Waals surface area contributed by atoms with Crippen molar-refractivity contribution in [1.29, 1.82) is 0 Å². The molecule has 112 valence electrons. The van der Waals surface area contributed by atoms with Gasteiger partial charge in [0.05, 0.1) is 0 Å². The van der Waals surface area contributed by atoms with Gasteiger partial charge in [-0.15, -0.1) is 0 Å². The van der Waals surface area contributed by atoms with Gasteiger partial charge in [-0.05, 0) is 20.9 Å². The Hall–Kier alpha value is -1.63. The van der Waals surface area contributed by atoms with Gasteiger partial charge in [0.1, 0.15) is 0 Å². The van der Waals surface area contributed by atoms with Crippen molar-refractivity contribution < 1.29 is 0 Å². The quantitative estimate of drug-likeness (QED) is 0.842. The highest BCUT2D eigenvalue weighted by molar-refractivity contribution is 5.45. The zero-order chi connectivity index (χ0) is 14.5. The molecule has 0 amide bonds. The van der Waals surface area contributed by atoms with E-state index in [2.05, 4.69) is 55.9 Å². The van der Waals surface area contributed by atoms with E-state index >= 15 is 0 Å². The van der Waals surface area contributed by atoms with Crippen LogP contribution in [-0.4, -0.2) is 73.2 Å². The van der Waals surface area contributed by atoms with Gasteiger partial charge in [0, 0.05) is 46.3 Å². The fraction of sp³-hybridized carbons (Fsp3) is 0.769. The number of anilines is 3. The molecule has 0 unspecified atom stereocenters. The number of aromatic nitrogens is 3. The minimum atomic E-state index is 0.635. The van der Waals surface area contributed by atoms with Crippen molar-refractivity contribution in [2.24, 2.45) is 0 Å². The molecular formula is C13H25N7. The molecule has 1 N–H and O–H groups in total. The van der Waals surface area contributed by atoms with Crippen LogP contribution in [0.3, 0.4) is 0 Å². The van der Waals surface area contributed by atoms with Crippen molar-refractivity contribution in [1.82, 2.24) is 19.9 Å². The average molecular weight is 279 g/mol. The number of hydrogen-bond acceptors (Lipinski definition) is 7. The molecule has 0 radical (unpaired) electrons. The van der Waals surface area contributed by atoms with E-state index in [0.29, 0.717) is 5.95 Å². The summed E-state index contributed by atoms with van der Waals surface area (Å²) in [5.74, 6) is 2.17. The number of nitrogens with one attached hydrogen (secondary N) is 1. The van der Waals surface area contributed by atoms with Crippen LogP contribution in [0.5, 0.6) is 0 Å². The first-order valence-electron chi connectivity index (χ1n) is 7.30. The van der Waals surface area contributed by atoms with Gasteiger partial charge in [-0.25, -0.2) is 0 Å². The Balaban J connectivity index is 2.25. The summed E-state index contributed by atoms with van der Waals surface area (Å²) in [6, 6.07) is 0. The molecule has 1 fully saturated rings. The van der Waals surface area contributed by atoms with Crippen molar-refractivity contribution in [3.8, 4) is 0 Å². The predicted molar refractivity (Wildman–Crippen MR) is 82.6 cm³/mol. The smallest absolute Gasteiger partial charge is 0.232 e. The lowest BCUT2D eigenvalue weighted by molar-refractivity contribution is 0.311. The molecule has 0 aliphatic carbocycles. The predicted octanol–water partition coefficient (Wildman–Crippen LogP) is 0.511. The Labute approximate surface area is 121 Å². The van der Waals surface area contributed by atoms with Gasteiger partial charge in [-0.2, -0.15) is 15.0 Å². The summed E-state index contributed by atoms with van der Waals surface area (Å²) in [6.07, 6.45) is 0. The first-order chi connectivity index (χ1) is 9.67. The molecule has 1 aromatic heterocycles. The van der Waals surface area contributed by atoms with Crippen molar-refractivity contribution in [2.45, 2.75) is 13.8 Å². The Morgan fingerprint density at radius 3 is 2.25 bits per heavy atom. The average Bonchev–Trinajstić information content (AvgIpc) is 2.49. The third-order valence-corrected chi connectivity index (χ3v) is 3.67. The highest BCUT2D eigenvalue weighted by Crippen LogP contribution is 2.17. The summed E-state index contributed by atoms with van der Waals surface area (Å²) in [7, 11) is 3.99. The molecule has 7 heteroatoms. The number of piperazine rings is 1. The lowest BCUT2D eigenvalue weighted by atomic mass is 10.3. The summed E-state index contributed by atoms with van der Waals surface area (Å²) in [4.78, 5) is 20.3. The largest absolute Gasteiger partial charge is 0.357 e. The Bertz CT molecular complexity index is 425. The van der Waals surface area contributed by atoms with Crippen LogP contribution in [0.1, 0.15) is 13.8 Å². The maximum atomic E-state index is 4.64. The fourth-order valence-electron chi connectivity index (χ4n) is 2.26. The van der Waals surface area contributed by atoms with Gasteiger partial charge < -0.3 is 20.0 Å². The topological polar surface area (TPSA) is 60.4 Å². The summed E-state index contributed by atoms with van der Waals surface area (Å²) in [6.45, 7) is 10.0. The van der Waals surface area contributed by atoms with E-state index in [1.165, 1.54) is 0 Å². The lowest BCUT2D eigenvalue weighted by Gasteiger charge is -2.32. The van der Waals surface area contributed by atoms with Crippen LogP contribution in [0.25, 0.3) is 0 Å². The van der Waals surface area contributed by atoms with Crippen molar-refractivity contribution in [3.05, 3.63) is 0 Å². The van der Waals surface area contributed by atoms with Crippen LogP contribution < -0.4 is 15.1 Å². The second-order valence-electron chi connectivity index (χ2n) is 4.97. The standard InChI is InChI=1S/C13H25N7/c1-5-19(6-2)12-15-11(14-3)16-13(17-12)20-9-7-18(4)8-10-20/h5-10H2,1-4H3,(H,14,15,16,17). The van der Waals surface area contributed by atoms with E-state index in [-0.39, 0.29) is 0 Å². The van der Waals surface area contributed by atoms with E-state index in [1.54, 1.807) is 0 Å². The SMILES string of the molecule is CCN(CC)c1nc(NC)nc(N2CCN(C)CC2)n1. The molecule has 0 bridgehead atoms. The molecule has 2 rings (SSSR count). The van der Waals surface area contributed by atoms with Crippen LogP contribution in [-0.2, 0) is 0 Å². The van der Waals surface area contributed by atoms with Crippen LogP contribution in [0.2, 0.25) is 0 Å². The zero-order valence-corrected chi connectivity index (χ0v) is 12.9. The summed E-state index contributed by atoms with van der Waals surface area (Å²) in [5.41, 5.74) is 0. The number of nitrogens with zero attached hydrogens (tertiary/aromatic N) is 6. The molecule has 0 atom stereocenters. The van der Waals surface area contributed by atoms with E-state index in [1.807, 2.05) is 7.05 Å². The molecule has 0 saturated carbocycles. The monoisotopic (exact) mass is 279 g/mol. The lowest BCUT2D eigenvalue weighted by Crippen LogP contribution is -2.45. The highest BCUT2D eigenvalue weighted by Gasteiger charge is 2.19. The minimum Gasteiger partial charge on any atom is -0.357 e. The summed E-state index contributed by atoms with van der Waals surface area (Å²) >= 11 is 0. The van der Waals surface area contributed by atoms with E-state index in [4.69, 9.17) is 0 Å². The third-order valence-electron chi connectivity index (χ3n) is 3.67. The Morgan fingerprint density at radius 2 is 1.70 bits per heavy atom. The molecule has 20 heavy (non-hydrogen) atoms. The van der Waals surface area contributed by atoms with Crippen molar-refractivity contribution >= 4 is 17.8 Å². The molecule has 0 spiro atoms. The van der Waals surface area contributed by atoms with Crippen LogP contribution in [0, 0.1) is 0 Å². The molecule has 7 nitrogen and oxygen atoms in total. The zero-order valence-electron chi connectivity index (χ0n) is 12.9. The molecule has 1 aliphatic rings. The Morgan fingerprint density at radius 1 is 1.05 bits per heavy atom. The van der Waals surface area contributed by atoms with Crippen LogP contribution in [0.15, 0.2) is 0 Å². The van der Waals surface area contributed by atoms with Gasteiger partial charge in [-0.1, -0.05) is 0 Å². The summed E-state index contributed by atoms with van der Waals surface area (Å²) < 4.78 is 0. The van der Waals surface area contributed by atoms with Crippen molar-refractivity contribution in [2.75, 3.05) is 68.5 Å². The van der Waals surface area contributed by atoms with E-state index < -0.39 is 0 Å². The first-order valence-corrected chi connectivity index (χ1v) is 7.30. The van der Waals surface area contributed by atoms with Gasteiger partial charge in [0.2, 0.25) is 17.8 Å². The molecular weight excluding hydrogens is 254 g/mol. The molecule has 1 aliphatic heterocycles. The second kappa shape index (κ2) is 6.69. The second-order valence-corrected chi connectivity index (χ2v) is 4.97. The molecule has 1 saturated heterocycles. The van der Waals surface area contributed by atoms with Crippen LogP contribution >= 0.6 is 0 Å². The number of rotatable bonds is 5. The third kappa shape index (κ3) is 3.27. The molecule has 1 aromatic rings. The fourth-order valence-corrected chi connectivity index (χ4v) is 2.26.